The number of carbonyl (C=O) groups is 1. The number of hydrogen-bond donors (Lipinski definition) is 0. The van der Waals surface area contributed by atoms with E-state index in [0.717, 1.165) is 30.7 Å². The third-order valence-corrected chi connectivity index (χ3v) is 6.50. The molecule has 3 aromatic rings. The molecule has 0 saturated heterocycles. The first-order valence-corrected chi connectivity index (χ1v) is 11.5. The van der Waals surface area contributed by atoms with Gasteiger partial charge in [-0.2, -0.15) is 13.2 Å². The highest BCUT2D eigenvalue weighted by molar-refractivity contribution is 5.94. The number of halogens is 3. The van der Waals surface area contributed by atoms with Gasteiger partial charge in [0.1, 0.15) is 17.1 Å². The quantitative estimate of drug-likeness (QED) is 0.532. The molecular formula is C25H25F3N4O3. The van der Waals surface area contributed by atoms with E-state index in [4.69, 9.17) is 4.74 Å². The molecular weight excluding hydrogens is 461 g/mol. The second-order valence-electron chi connectivity index (χ2n) is 9.29. The monoisotopic (exact) mass is 486 g/mol. The number of hydrogen-bond acceptors (Lipinski definition) is 4. The fourth-order valence-corrected chi connectivity index (χ4v) is 4.56. The maximum absolute atomic E-state index is 13.6. The van der Waals surface area contributed by atoms with Crippen molar-refractivity contribution in [2.45, 2.75) is 64.5 Å². The molecule has 35 heavy (non-hydrogen) atoms. The van der Waals surface area contributed by atoms with Gasteiger partial charge in [0.05, 0.1) is 29.7 Å². The lowest BCUT2D eigenvalue weighted by atomic mass is 9.99. The van der Waals surface area contributed by atoms with Gasteiger partial charge in [0.2, 0.25) is 0 Å². The van der Waals surface area contributed by atoms with E-state index < -0.39 is 29.7 Å². The first kappa shape index (κ1) is 23.2. The zero-order chi connectivity index (χ0) is 25.1. The lowest BCUT2D eigenvalue weighted by Crippen LogP contribution is -2.50. The highest BCUT2D eigenvalue weighted by Gasteiger charge is 2.37. The van der Waals surface area contributed by atoms with Crippen molar-refractivity contribution in [3.63, 3.8) is 0 Å². The van der Waals surface area contributed by atoms with Crippen LogP contribution >= 0.6 is 0 Å². The summed E-state index contributed by atoms with van der Waals surface area (Å²) < 4.78 is 49.5. The van der Waals surface area contributed by atoms with E-state index in [9.17, 15) is 22.8 Å². The van der Waals surface area contributed by atoms with Crippen LogP contribution in [0.2, 0.25) is 0 Å². The van der Waals surface area contributed by atoms with Crippen LogP contribution in [0.1, 0.15) is 60.0 Å². The van der Waals surface area contributed by atoms with Gasteiger partial charge in [-0.3, -0.25) is 9.59 Å². The second-order valence-corrected chi connectivity index (χ2v) is 9.29. The fraction of sp³-hybridized carbons (Fsp3) is 0.400. The molecule has 10 heteroatoms. The molecule has 5 rings (SSSR count). The smallest absolute Gasteiger partial charge is 0.416 e. The maximum Gasteiger partial charge on any atom is 0.416 e. The number of aryl methyl sites for hydroxylation is 1. The summed E-state index contributed by atoms with van der Waals surface area (Å²) in [6.07, 6.45) is 0.280. The number of aromatic nitrogens is 3. The van der Waals surface area contributed by atoms with Gasteiger partial charge in [-0.1, -0.05) is 0 Å². The highest BCUT2D eigenvalue weighted by Crippen LogP contribution is 2.38. The number of amides is 1. The predicted molar refractivity (Wildman–Crippen MR) is 122 cm³/mol. The molecule has 2 atom stereocenters. The van der Waals surface area contributed by atoms with Crippen LogP contribution in [0.15, 0.2) is 47.7 Å². The van der Waals surface area contributed by atoms with Gasteiger partial charge < -0.3 is 18.8 Å². The Kier molecular flexibility index (Phi) is 5.49. The van der Waals surface area contributed by atoms with E-state index in [1.807, 2.05) is 6.92 Å². The van der Waals surface area contributed by atoms with Crippen molar-refractivity contribution in [3.8, 4) is 11.4 Å². The molecule has 1 saturated carbocycles. The van der Waals surface area contributed by atoms with Crippen molar-refractivity contribution in [3.05, 3.63) is 75.7 Å². The average Bonchev–Trinajstić information content (AvgIpc) is 3.50. The van der Waals surface area contributed by atoms with E-state index in [0.29, 0.717) is 11.3 Å². The number of alkyl halides is 3. The zero-order valence-electron chi connectivity index (χ0n) is 19.5. The maximum atomic E-state index is 13.6. The number of fused-ring (bicyclic) bond motifs is 1. The minimum absolute atomic E-state index is 0.0654. The number of imidazole rings is 1. The number of nitrogens with zero attached hydrogens (tertiary/aromatic N) is 4. The largest absolute Gasteiger partial charge is 0.490 e. The van der Waals surface area contributed by atoms with Crippen molar-refractivity contribution in [1.82, 2.24) is 19.0 Å². The molecule has 0 spiro atoms. The molecule has 0 bridgehead atoms. The van der Waals surface area contributed by atoms with Crippen LogP contribution in [0.5, 0.6) is 5.75 Å². The lowest BCUT2D eigenvalue weighted by Gasteiger charge is -2.40. The Balaban J connectivity index is 1.50. The topological polar surface area (TPSA) is 69.4 Å². The molecule has 0 N–H and O–H groups in total. The van der Waals surface area contributed by atoms with Crippen LogP contribution in [-0.2, 0) is 12.7 Å². The second kappa shape index (κ2) is 8.28. The van der Waals surface area contributed by atoms with Crippen molar-refractivity contribution in [2.75, 3.05) is 0 Å². The fourth-order valence-electron chi connectivity index (χ4n) is 4.56. The van der Waals surface area contributed by atoms with E-state index in [-0.39, 0.29) is 29.7 Å². The van der Waals surface area contributed by atoms with E-state index >= 15 is 0 Å². The Hall–Kier alpha value is -3.56. The first-order chi connectivity index (χ1) is 16.5. The normalized spacial score (nSPS) is 19.0. The Labute approximate surface area is 199 Å². The van der Waals surface area contributed by atoms with Gasteiger partial charge in [-0.05, 0) is 69.5 Å². The zero-order valence-corrected chi connectivity index (χ0v) is 19.5. The third kappa shape index (κ3) is 4.33. The molecule has 1 aromatic carbocycles. The van der Waals surface area contributed by atoms with E-state index in [2.05, 4.69) is 4.98 Å². The first-order valence-electron chi connectivity index (χ1n) is 11.5. The summed E-state index contributed by atoms with van der Waals surface area (Å²) in [4.78, 5) is 32.3. The molecule has 7 nitrogen and oxygen atoms in total. The molecule has 1 aliphatic heterocycles. The molecule has 184 valence electrons. The number of pyridine rings is 1. The Morgan fingerprint density at radius 3 is 2.51 bits per heavy atom. The van der Waals surface area contributed by atoms with Gasteiger partial charge in [0.15, 0.2) is 0 Å². The Morgan fingerprint density at radius 2 is 1.89 bits per heavy atom. The molecule has 1 amide bonds. The number of benzene rings is 1. The summed E-state index contributed by atoms with van der Waals surface area (Å²) in [6, 6.07) is 5.70. The van der Waals surface area contributed by atoms with Gasteiger partial charge >= 0.3 is 6.18 Å². The minimum atomic E-state index is -4.54. The standard InChI is InChI=1S/C25H25F3N4O3/c1-14-11-30(13-29-14)21-6-7-22-24(34)32(15(2)12-31(22)23(21)33)16(3)17-8-18(25(26,27)28)10-20(9-17)35-19-4-5-19/h6-11,13,15-16,19H,4-5,12H2,1-3H3/t15-,16?/m1/s1. The third-order valence-electron chi connectivity index (χ3n) is 6.50. The Morgan fingerprint density at radius 1 is 1.14 bits per heavy atom. The SMILES string of the molecule is Cc1cn(-c2ccc3n(c2=O)C[C@@H](C)N(C(C)c2cc(OC4CC4)cc(C(F)(F)F)c2)C3=O)cn1. The van der Waals surface area contributed by atoms with Crippen LogP contribution in [0.3, 0.4) is 0 Å². The summed E-state index contributed by atoms with van der Waals surface area (Å²) in [7, 11) is 0. The van der Waals surface area contributed by atoms with Crippen molar-refractivity contribution >= 4 is 5.91 Å². The minimum Gasteiger partial charge on any atom is -0.490 e. The van der Waals surface area contributed by atoms with Gasteiger partial charge in [0, 0.05) is 18.8 Å². The summed E-state index contributed by atoms with van der Waals surface area (Å²) in [5.41, 5.74) is 0.510. The predicted octanol–water partition coefficient (Wildman–Crippen LogP) is 4.51. The molecule has 1 aliphatic carbocycles. The molecule has 1 unspecified atom stereocenters. The summed E-state index contributed by atoms with van der Waals surface area (Å²) >= 11 is 0. The summed E-state index contributed by atoms with van der Waals surface area (Å²) in [6.45, 7) is 5.51. The van der Waals surface area contributed by atoms with Crippen LogP contribution < -0.4 is 10.3 Å². The van der Waals surface area contributed by atoms with Crippen LogP contribution in [0, 0.1) is 6.92 Å². The Bertz CT molecular complexity index is 1360. The number of carbonyl (C=O) groups excluding carboxylic acids is 1. The highest BCUT2D eigenvalue weighted by atomic mass is 19.4. The van der Waals surface area contributed by atoms with Crippen molar-refractivity contribution < 1.29 is 22.7 Å². The van der Waals surface area contributed by atoms with Crippen molar-refractivity contribution in [1.29, 1.82) is 0 Å². The van der Waals surface area contributed by atoms with Crippen LogP contribution in [-0.4, -0.2) is 37.1 Å². The molecule has 2 aliphatic rings. The summed E-state index contributed by atoms with van der Waals surface area (Å²) in [5, 5.41) is 0. The molecule has 1 fully saturated rings. The molecule has 3 heterocycles. The average molecular weight is 486 g/mol. The number of ether oxygens (including phenoxy) is 1. The van der Waals surface area contributed by atoms with Crippen LogP contribution in [0.25, 0.3) is 5.69 Å². The van der Waals surface area contributed by atoms with E-state index in [1.165, 1.54) is 15.8 Å². The van der Waals surface area contributed by atoms with Crippen LogP contribution in [0.4, 0.5) is 13.2 Å². The number of rotatable bonds is 5. The van der Waals surface area contributed by atoms with E-state index in [1.54, 1.807) is 42.8 Å². The molecule has 0 radical (unpaired) electrons. The molecule has 2 aromatic heterocycles. The van der Waals surface area contributed by atoms with Crippen molar-refractivity contribution in [2.24, 2.45) is 0 Å². The van der Waals surface area contributed by atoms with Gasteiger partial charge in [-0.25, -0.2) is 4.98 Å². The van der Waals surface area contributed by atoms with Gasteiger partial charge in [0.25, 0.3) is 11.5 Å². The summed E-state index contributed by atoms with van der Waals surface area (Å²) in [5.74, 6) is -0.262. The lowest BCUT2D eigenvalue weighted by molar-refractivity contribution is -0.137. The van der Waals surface area contributed by atoms with Gasteiger partial charge in [-0.15, -0.1) is 0 Å².